The Morgan fingerprint density at radius 2 is 1.55 bits per heavy atom. The van der Waals surface area contributed by atoms with Crippen LogP contribution in [0, 0.1) is 0 Å². The minimum atomic E-state index is -0.142. The van der Waals surface area contributed by atoms with E-state index in [2.05, 4.69) is 15.2 Å². The highest BCUT2D eigenvalue weighted by atomic mass is 35.5. The maximum Gasteiger partial charge on any atom is 0.251 e. The van der Waals surface area contributed by atoms with Crippen LogP contribution >= 0.6 is 35.0 Å². The predicted octanol–water partition coefficient (Wildman–Crippen LogP) is 6.11. The van der Waals surface area contributed by atoms with Crippen LogP contribution in [0.1, 0.15) is 10.4 Å². The number of aromatic nitrogens is 1. The van der Waals surface area contributed by atoms with Gasteiger partial charge < -0.3 is 15.2 Å². The lowest BCUT2D eigenvalue weighted by atomic mass is 10.2. The van der Waals surface area contributed by atoms with E-state index in [1.807, 2.05) is 30.5 Å². The Kier molecular flexibility index (Phi) is 7.60. The molecule has 2 amide bonds. The third kappa shape index (κ3) is 6.11. The molecule has 2 N–H and O–H groups in total. The number of thioether (sulfide) groups is 1. The number of hydrogen-bond donors (Lipinski definition) is 2. The summed E-state index contributed by atoms with van der Waals surface area (Å²) in [6.07, 6.45) is 2.03. The number of nitrogens with one attached hydrogen (secondary N) is 2. The SMILES string of the molecule is O=C(CSc1cn(CCNC(=O)c2ccc(Cl)cc2)c2ccccc12)Nc1ccc(Cl)cc1. The summed E-state index contributed by atoms with van der Waals surface area (Å²) in [5.41, 5.74) is 2.34. The fourth-order valence-electron chi connectivity index (χ4n) is 3.38. The number of para-hydroxylation sites is 1. The van der Waals surface area contributed by atoms with E-state index in [9.17, 15) is 9.59 Å². The molecule has 1 aromatic heterocycles. The molecule has 0 fully saturated rings. The van der Waals surface area contributed by atoms with E-state index < -0.39 is 0 Å². The zero-order valence-electron chi connectivity index (χ0n) is 17.6. The molecule has 0 saturated carbocycles. The van der Waals surface area contributed by atoms with E-state index in [0.717, 1.165) is 15.8 Å². The van der Waals surface area contributed by atoms with Crippen molar-refractivity contribution < 1.29 is 9.59 Å². The van der Waals surface area contributed by atoms with Crippen LogP contribution in [0.25, 0.3) is 10.9 Å². The zero-order valence-corrected chi connectivity index (χ0v) is 19.9. The highest BCUT2D eigenvalue weighted by molar-refractivity contribution is 8.00. The molecule has 5 nitrogen and oxygen atoms in total. The fraction of sp³-hybridized carbons (Fsp3) is 0.120. The Morgan fingerprint density at radius 3 is 2.27 bits per heavy atom. The third-order valence-corrected chi connectivity index (χ3v) is 6.53. The molecule has 0 aliphatic heterocycles. The number of carbonyl (C=O) groups is 2. The number of amides is 2. The van der Waals surface area contributed by atoms with Crippen LogP contribution in [0.5, 0.6) is 0 Å². The molecular formula is C25H21Cl2N3O2S. The van der Waals surface area contributed by atoms with Crippen molar-refractivity contribution in [3.63, 3.8) is 0 Å². The number of halogens is 2. The van der Waals surface area contributed by atoms with Gasteiger partial charge in [-0.05, 0) is 54.6 Å². The Hall–Kier alpha value is -2.93. The lowest BCUT2D eigenvalue weighted by molar-refractivity contribution is -0.113. The molecule has 0 bridgehead atoms. The van der Waals surface area contributed by atoms with Gasteiger partial charge in [-0.1, -0.05) is 41.4 Å². The molecular weight excluding hydrogens is 477 g/mol. The number of carbonyl (C=O) groups excluding carboxylic acids is 2. The minimum absolute atomic E-state index is 0.0885. The molecule has 0 radical (unpaired) electrons. The lowest BCUT2D eigenvalue weighted by Gasteiger charge is -2.08. The van der Waals surface area contributed by atoms with Crippen molar-refractivity contribution in [1.29, 1.82) is 0 Å². The number of nitrogens with zero attached hydrogens (tertiary/aromatic N) is 1. The first-order chi connectivity index (χ1) is 16.0. The summed E-state index contributed by atoms with van der Waals surface area (Å²) in [4.78, 5) is 25.7. The van der Waals surface area contributed by atoms with Crippen molar-refractivity contribution in [2.24, 2.45) is 0 Å². The van der Waals surface area contributed by atoms with Gasteiger partial charge in [0, 0.05) is 56.4 Å². The van der Waals surface area contributed by atoms with Gasteiger partial charge in [-0.2, -0.15) is 0 Å². The second kappa shape index (κ2) is 10.8. The average molecular weight is 498 g/mol. The van der Waals surface area contributed by atoms with Gasteiger partial charge in [0.2, 0.25) is 5.91 Å². The monoisotopic (exact) mass is 497 g/mol. The van der Waals surface area contributed by atoms with E-state index in [1.54, 1.807) is 48.5 Å². The van der Waals surface area contributed by atoms with Crippen LogP contribution in [-0.4, -0.2) is 28.7 Å². The molecule has 0 atom stereocenters. The van der Waals surface area contributed by atoms with Gasteiger partial charge >= 0.3 is 0 Å². The fourth-order valence-corrected chi connectivity index (χ4v) is 4.52. The van der Waals surface area contributed by atoms with Gasteiger partial charge in [-0.15, -0.1) is 11.8 Å². The second-order valence-corrected chi connectivity index (χ2v) is 9.20. The first-order valence-electron chi connectivity index (χ1n) is 10.3. The van der Waals surface area contributed by atoms with E-state index in [0.29, 0.717) is 34.4 Å². The molecule has 1 heterocycles. The third-order valence-electron chi connectivity index (χ3n) is 4.98. The summed E-state index contributed by atoms with van der Waals surface area (Å²) in [6, 6.07) is 21.9. The molecule has 8 heteroatoms. The van der Waals surface area contributed by atoms with Crippen LogP contribution in [-0.2, 0) is 11.3 Å². The average Bonchev–Trinajstić information content (AvgIpc) is 3.17. The summed E-state index contributed by atoms with van der Waals surface area (Å²) in [7, 11) is 0. The predicted molar refractivity (Wildman–Crippen MR) is 137 cm³/mol. The number of anilines is 1. The summed E-state index contributed by atoms with van der Waals surface area (Å²) < 4.78 is 2.09. The highest BCUT2D eigenvalue weighted by Crippen LogP contribution is 2.30. The molecule has 0 unspecified atom stereocenters. The van der Waals surface area contributed by atoms with Crippen molar-refractivity contribution in [1.82, 2.24) is 9.88 Å². The van der Waals surface area contributed by atoms with Gasteiger partial charge in [0.15, 0.2) is 0 Å². The quantitative estimate of drug-likeness (QED) is 0.288. The topological polar surface area (TPSA) is 63.1 Å². The number of rotatable bonds is 8. The normalized spacial score (nSPS) is 10.8. The zero-order chi connectivity index (χ0) is 23.2. The number of hydrogen-bond acceptors (Lipinski definition) is 3. The van der Waals surface area contributed by atoms with E-state index in [4.69, 9.17) is 23.2 Å². The number of benzene rings is 3. The first-order valence-corrected chi connectivity index (χ1v) is 12.0. The van der Waals surface area contributed by atoms with Gasteiger partial charge in [0.05, 0.1) is 5.75 Å². The minimum Gasteiger partial charge on any atom is -0.350 e. The van der Waals surface area contributed by atoms with E-state index in [1.165, 1.54) is 11.8 Å². The van der Waals surface area contributed by atoms with Gasteiger partial charge in [0.1, 0.15) is 0 Å². The summed E-state index contributed by atoms with van der Waals surface area (Å²) in [5.74, 6) is 0.0511. The molecule has 0 aliphatic carbocycles. The van der Waals surface area contributed by atoms with Crippen molar-refractivity contribution in [3.05, 3.63) is 94.6 Å². The smallest absolute Gasteiger partial charge is 0.251 e. The van der Waals surface area contributed by atoms with Crippen molar-refractivity contribution in [2.45, 2.75) is 11.4 Å². The Labute approximate surface area is 206 Å². The summed E-state index contributed by atoms with van der Waals surface area (Å²) in [6.45, 7) is 1.08. The molecule has 0 spiro atoms. The van der Waals surface area contributed by atoms with Crippen molar-refractivity contribution in [2.75, 3.05) is 17.6 Å². The van der Waals surface area contributed by atoms with E-state index in [-0.39, 0.29) is 17.6 Å². The lowest BCUT2D eigenvalue weighted by Crippen LogP contribution is -2.27. The van der Waals surface area contributed by atoms with Gasteiger partial charge in [-0.25, -0.2) is 0 Å². The number of fused-ring (bicyclic) bond motifs is 1. The van der Waals surface area contributed by atoms with Gasteiger partial charge in [0.25, 0.3) is 5.91 Å². The molecule has 4 aromatic rings. The van der Waals surface area contributed by atoms with Gasteiger partial charge in [-0.3, -0.25) is 9.59 Å². The molecule has 3 aromatic carbocycles. The van der Waals surface area contributed by atoms with Crippen molar-refractivity contribution >= 4 is 63.4 Å². The molecule has 0 saturated heterocycles. The Bertz CT molecular complexity index is 1270. The van der Waals surface area contributed by atoms with Crippen LogP contribution in [0.15, 0.2) is 83.9 Å². The van der Waals surface area contributed by atoms with Crippen LogP contribution in [0.2, 0.25) is 10.0 Å². The molecule has 168 valence electrons. The first kappa shape index (κ1) is 23.2. The summed E-state index contributed by atoms with van der Waals surface area (Å²) >= 11 is 13.3. The Balaban J connectivity index is 1.37. The molecule has 33 heavy (non-hydrogen) atoms. The maximum absolute atomic E-state index is 12.4. The molecule has 4 rings (SSSR count). The summed E-state index contributed by atoms with van der Waals surface area (Å²) in [5, 5.41) is 8.11. The Morgan fingerprint density at radius 1 is 0.879 bits per heavy atom. The van der Waals surface area contributed by atoms with Crippen molar-refractivity contribution in [3.8, 4) is 0 Å². The highest BCUT2D eigenvalue weighted by Gasteiger charge is 2.12. The van der Waals surface area contributed by atoms with Crippen LogP contribution in [0.4, 0.5) is 5.69 Å². The largest absolute Gasteiger partial charge is 0.350 e. The van der Waals surface area contributed by atoms with Crippen LogP contribution < -0.4 is 10.6 Å². The second-order valence-electron chi connectivity index (χ2n) is 7.31. The maximum atomic E-state index is 12.4. The standard InChI is InChI=1S/C25H21Cl2N3O2S/c26-18-7-5-17(6-8-18)25(32)28-13-14-30-15-23(21-3-1-2-4-22(21)30)33-16-24(31)29-20-11-9-19(27)10-12-20/h1-12,15H,13-14,16H2,(H,28,32)(H,29,31). The van der Waals surface area contributed by atoms with Crippen LogP contribution in [0.3, 0.4) is 0 Å². The molecule has 0 aliphatic rings. The van der Waals surface area contributed by atoms with E-state index >= 15 is 0 Å².